The molecule has 0 aliphatic heterocycles. The quantitative estimate of drug-likeness (QED) is 0.299. The third kappa shape index (κ3) is 5.50. The van der Waals surface area contributed by atoms with Gasteiger partial charge in [-0.2, -0.15) is 10.4 Å². The first-order chi connectivity index (χ1) is 20.9. The molecule has 2 saturated carbocycles. The van der Waals surface area contributed by atoms with Crippen molar-refractivity contribution in [3.8, 4) is 6.07 Å². The molecule has 2 aliphatic carbocycles. The molecule has 2 amide bonds. The van der Waals surface area contributed by atoms with Crippen LogP contribution in [0.5, 0.6) is 0 Å². The van der Waals surface area contributed by atoms with Crippen molar-refractivity contribution in [3.05, 3.63) is 71.7 Å². The standard InChI is InChI=1S/C32H37N9O3/c1-30(2,3)44-29(43)40(31(4)10-11-31)17-22-13-25(26-34-19-36-41(26)18-22)27(42)37-24-8-6-7-23(14-24)32(15-21(16-32)9-12-33)28-38-35-20-39(28)5/h6-8,13-14,18-21H,9-11,15-17H2,1-5H3,(H,37,42). The Balaban J connectivity index is 1.28. The van der Waals surface area contributed by atoms with Gasteiger partial charge in [0.1, 0.15) is 24.1 Å². The van der Waals surface area contributed by atoms with Crippen molar-refractivity contribution >= 4 is 23.3 Å². The zero-order valence-electron chi connectivity index (χ0n) is 25.7. The number of carbonyl (C=O) groups is 2. The van der Waals surface area contributed by atoms with E-state index in [2.05, 4.69) is 31.7 Å². The molecule has 0 bridgehead atoms. The smallest absolute Gasteiger partial charge is 0.411 e. The number of amides is 2. The average Bonchev–Trinajstić information content (AvgIpc) is 3.29. The lowest BCUT2D eigenvalue weighted by Gasteiger charge is -2.46. The van der Waals surface area contributed by atoms with E-state index in [4.69, 9.17) is 4.74 Å². The first-order valence-electron chi connectivity index (χ1n) is 14.9. The van der Waals surface area contributed by atoms with Crippen LogP contribution >= 0.6 is 0 Å². The minimum absolute atomic E-state index is 0.265. The van der Waals surface area contributed by atoms with Crippen LogP contribution in [0.3, 0.4) is 0 Å². The first kappa shape index (κ1) is 29.3. The second-order valence-corrected chi connectivity index (χ2v) is 13.4. The molecule has 4 aromatic rings. The molecule has 6 rings (SSSR count). The molecule has 12 heteroatoms. The van der Waals surface area contributed by atoms with Gasteiger partial charge in [-0.25, -0.2) is 14.3 Å². The first-order valence-corrected chi connectivity index (χ1v) is 14.9. The van der Waals surface area contributed by atoms with E-state index >= 15 is 0 Å². The van der Waals surface area contributed by atoms with Gasteiger partial charge in [0, 0.05) is 30.9 Å². The number of anilines is 1. The summed E-state index contributed by atoms with van der Waals surface area (Å²) in [5, 5.41) is 25.1. The summed E-state index contributed by atoms with van der Waals surface area (Å²) in [5.74, 6) is 0.774. The molecule has 1 aromatic carbocycles. The minimum Gasteiger partial charge on any atom is -0.444 e. The molecule has 0 spiro atoms. The Labute approximate surface area is 256 Å². The molecular formula is C32H37N9O3. The monoisotopic (exact) mass is 595 g/mol. The largest absolute Gasteiger partial charge is 0.444 e. The Bertz CT molecular complexity index is 1770. The van der Waals surface area contributed by atoms with Crippen LogP contribution in [0, 0.1) is 17.2 Å². The minimum atomic E-state index is -0.627. The molecule has 1 N–H and O–H groups in total. The van der Waals surface area contributed by atoms with Crippen LogP contribution in [-0.4, -0.2) is 57.4 Å². The number of ether oxygens (including phenoxy) is 1. The van der Waals surface area contributed by atoms with Gasteiger partial charge in [0.25, 0.3) is 5.91 Å². The number of nitrogens with one attached hydrogen (secondary N) is 1. The van der Waals surface area contributed by atoms with E-state index < -0.39 is 11.0 Å². The number of benzene rings is 1. The molecule has 3 aromatic heterocycles. The molecule has 12 nitrogen and oxygen atoms in total. The van der Waals surface area contributed by atoms with Crippen molar-refractivity contribution in [1.82, 2.24) is 34.3 Å². The molecule has 0 radical (unpaired) electrons. The number of hydrogen-bond donors (Lipinski definition) is 1. The van der Waals surface area contributed by atoms with Crippen LogP contribution in [0.4, 0.5) is 10.5 Å². The zero-order chi connectivity index (χ0) is 31.3. The van der Waals surface area contributed by atoms with Crippen molar-refractivity contribution in [3.63, 3.8) is 0 Å². The summed E-state index contributed by atoms with van der Waals surface area (Å²) in [5.41, 5.74) is 1.81. The topological polar surface area (TPSA) is 143 Å². The van der Waals surface area contributed by atoms with Gasteiger partial charge in [-0.05, 0) is 88.6 Å². The second kappa shape index (κ2) is 10.7. The molecule has 0 saturated heterocycles. The summed E-state index contributed by atoms with van der Waals surface area (Å²) in [4.78, 5) is 33.1. The Morgan fingerprint density at radius 3 is 2.66 bits per heavy atom. The summed E-state index contributed by atoms with van der Waals surface area (Å²) >= 11 is 0. The zero-order valence-corrected chi connectivity index (χ0v) is 25.7. The van der Waals surface area contributed by atoms with Crippen molar-refractivity contribution in [2.75, 3.05) is 5.32 Å². The third-order valence-electron chi connectivity index (χ3n) is 8.72. The van der Waals surface area contributed by atoms with Gasteiger partial charge in [0.2, 0.25) is 0 Å². The maximum Gasteiger partial charge on any atom is 0.411 e. The van der Waals surface area contributed by atoms with Crippen LogP contribution in [0.1, 0.15) is 87.1 Å². The van der Waals surface area contributed by atoms with Crippen molar-refractivity contribution in [2.45, 2.75) is 82.9 Å². The van der Waals surface area contributed by atoms with E-state index in [9.17, 15) is 14.9 Å². The van der Waals surface area contributed by atoms with Gasteiger partial charge in [-0.1, -0.05) is 12.1 Å². The summed E-state index contributed by atoms with van der Waals surface area (Å²) in [6.07, 6.45) is 8.31. The second-order valence-electron chi connectivity index (χ2n) is 13.4. The van der Waals surface area contributed by atoms with E-state index in [0.717, 1.165) is 42.6 Å². The van der Waals surface area contributed by atoms with Crippen LogP contribution in [-0.2, 0) is 23.7 Å². The predicted molar refractivity (Wildman–Crippen MR) is 162 cm³/mol. The van der Waals surface area contributed by atoms with Gasteiger partial charge in [-0.15, -0.1) is 10.2 Å². The highest BCUT2D eigenvalue weighted by Crippen LogP contribution is 2.53. The third-order valence-corrected chi connectivity index (χ3v) is 8.72. The number of rotatable bonds is 8. The highest BCUT2D eigenvalue weighted by atomic mass is 16.6. The summed E-state index contributed by atoms with van der Waals surface area (Å²) in [6.45, 7) is 7.86. The van der Waals surface area contributed by atoms with Gasteiger partial charge >= 0.3 is 6.09 Å². The molecule has 2 aliphatic rings. The predicted octanol–water partition coefficient (Wildman–Crippen LogP) is 5.01. The van der Waals surface area contributed by atoms with Crippen LogP contribution in [0.15, 0.2) is 49.2 Å². The number of pyridine rings is 1. The summed E-state index contributed by atoms with van der Waals surface area (Å²) < 4.78 is 9.21. The Morgan fingerprint density at radius 1 is 1.23 bits per heavy atom. The summed E-state index contributed by atoms with van der Waals surface area (Å²) in [6, 6.07) is 11.8. The number of fused-ring (bicyclic) bond motifs is 1. The maximum absolute atomic E-state index is 13.8. The fourth-order valence-corrected chi connectivity index (χ4v) is 6.22. The highest BCUT2D eigenvalue weighted by molar-refractivity contribution is 6.08. The average molecular weight is 596 g/mol. The van der Waals surface area contributed by atoms with Crippen molar-refractivity contribution < 1.29 is 14.3 Å². The lowest BCUT2D eigenvalue weighted by molar-refractivity contribution is 0.0126. The van der Waals surface area contributed by atoms with E-state index in [-0.39, 0.29) is 30.0 Å². The lowest BCUT2D eigenvalue weighted by atomic mass is 9.57. The van der Waals surface area contributed by atoms with Crippen molar-refractivity contribution in [2.24, 2.45) is 13.0 Å². The normalized spacial score (nSPS) is 20.4. The van der Waals surface area contributed by atoms with E-state index in [1.54, 1.807) is 28.0 Å². The SMILES string of the molecule is Cn1cnnc1C1(c2cccc(NC(=O)c3cc(CN(C(=O)OC(C)(C)C)C4(C)CC4)cn4ncnc34)c2)CC(CC#N)C1. The van der Waals surface area contributed by atoms with Gasteiger partial charge in [0.15, 0.2) is 5.65 Å². The number of nitrogens with zero attached hydrogens (tertiary/aromatic N) is 8. The van der Waals surface area contributed by atoms with E-state index in [1.807, 2.05) is 63.6 Å². The Kier molecular flexibility index (Phi) is 7.14. The van der Waals surface area contributed by atoms with E-state index in [1.165, 1.54) is 6.33 Å². The van der Waals surface area contributed by atoms with Gasteiger partial charge in [-0.3, -0.25) is 9.69 Å². The molecule has 228 valence electrons. The fourth-order valence-electron chi connectivity index (χ4n) is 6.22. The van der Waals surface area contributed by atoms with E-state index in [0.29, 0.717) is 23.3 Å². The van der Waals surface area contributed by atoms with Gasteiger partial charge < -0.3 is 14.6 Å². The molecule has 0 atom stereocenters. The maximum atomic E-state index is 13.8. The van der Waals surface area contributed by atoms with Crippen LogP contribution in [0.25, 0.3) is 5.65 Å². The van der Waals surface area contributed by atoms with Crippen molar-refractivity contribution in [1.29, 1.82) is 5.26 Å². The fraction of sp³-hybridized carbons (Fsp3) is 0.469. The lowest BCUT2D eigenvalue weighted by Crippen LogP contribution is -2.44. The molecule has 3 heterocycles. The molecular weight excluding hydrogens is 558 g/mol. The Morgan fingerprint density at radius 2 is 2.00 bits per heavy atom. The number of aryl methyl sites for hydroxylation is 1. The van der Waals surface area contributed by atoms with Gasteiger partial charge in [0.05, 0.1) is 23.6 Å². The highest BCUT2D eigenvalue weighted by Gasteiger charge is 2.50. The Hall–Kier alpha value is -4.79. The number of aromatic nitrogens is 6. The number of nitriles is 1. The molecule has 0 unspecified atom stereocenters. The number of hydrogen-bond acceptors (Lipinski definition) is 8. The summed E-state index contributed by atoms with van der Waals surface area (Å²) in [7, 11) is 1.92. The molecule has 44 heavy (non-hydrogen) atoms. The number of carbonyl (C=O) groups excluding carboxylic acids is 2. The molecule has 2 fully saturated rings. The van der Waals surface area contributed by atoms with Crippen LogP contribution < -0.4 is 5.32 Å². The van der Waals surface area contributed by atoms with Crippen LogP contribution in [0.2, 0.25) is 0 Å².